The van der Waals surface area contributed by atoms with Crippen LogP contribution in [0.3, 0.4) is 0 Å². The van der Waals surface area contributed by atoms with Crippen molar-refractivity contribution >= 4 is 0 Å². The van der Waals surface area contributed by atoms with Crippen LogP contribution in [-0.4, -0.2) is 68.3 Å². The molecule has 0 bridgehead atoms. The predicted molar refractivity (Wildman–Crippen MR) is 84.9 cm³/mol. The van der Waals surface area contributed by atoms with Crippen LogP contribution >= 0.6 is 0 Å². The molecule has 0 unspecified atom stereocenters. The summed E-state index contributed by atoms with van der Waals surface area (Å²) in [5, 5.41) is 13.3. The van der Waals surface area contributed by atoms with E-state index in [1.54, 1.807) is 13.2 Å². The normalized spacial score (nSPS) is 17.0. The van der Waals surface area contributed by atoms with Gasteiger partial charge < -0.3 is 25.0 Å². The number of phenols is 1. The van der Waals surface area contributed by atoms with Crippen molar-refractivity contribution in [1.82, 2.24) is 15.1 Å². The highest BCUT2D eigenvalue weighted by Crippen LogP contribution is 2.22. The van der Waals surface area contributed by atoms with Crippen LogP contribution in [0.25, 0.3) is 0 Å². The van der Waals surface area contributed by atoms with Crippen LogP contribution in [0.5, 0.6) is 11.5 Å². The largest absolute Gasteiger partial charge is 0.507 e. The molecule has 1 aromatic carbocycles. The summed E-state index contributed by atoms with van der Waals surface area (Å²) in [6.07, 6.45) is 1.14. The lowest BCUT2D eigenvalue weighted by atomic mass is 10.2. The molecule has 118 valence electrons. The number of nitrogens with zero attached hydrogens (tertiary/aromatic N) is 2. The molecular weight excluding hydrogens is 266 g/mol. The Balaban J connectivity index is 1.61. The molecule has 0 spiro atoms. The van der Waals surface area contributed by atoms with Gasteiger partial charge in [0, 0.05) is 44.4 Å². The van der Waals surface area contributed by atoms with E-state index in [4.69, 9.17) is 4.74 Å². The Morgan fingerprint density at radius 2 is 2.00 bits per heavy atom. The second-order valence-electron chi connectivity index (χ2n) is 5.67. The Bertz CT molecular complexity index is 432. The Kier molecular flexibility index (Phi) is 6.29. The van der Waals surface area contributed by atoms with E-state index in [2.05, 4.69) is 22.2 Å². The van der Waals surface area contributed by atoms with Crippen molar-refractivity contribution in [2.24, 2.45) is 0 Å². The number of methoxy groups -OCH3 is 1. The maximum atomic E-state index is 9.87. The monoisotopic (exact) mass is 293 g/mol. The Morgan fingerprint density at radius 3 is 2.67 bits per heavy atom. The van der Waals surface area contributed by atoms with Gasteiger partial charge in [0.2, 0.25) is 0 Å². The van der Waals surface area contributed by atoms with Crippen LogP contribution in [0.15, 0.2) is 18.2 Å². The van der Waals surface area contributed by atoms with Gasteiger partial charge in [-0.05, 0) is 32.6 Å². The van der Waals surface area contributed by atoms with Crippen LogP contribution in [0.4, 0.5) is 0 Å². The number of aromatic hydroxyl groups is 1. The Hall–Kier alpha value is -1.30. The summed E-state index contributed by atoms with van der Waals surface area (Å²) in [6.45, 7) is 7.51. The molecule has 1 heterocycles. The van der Waals surface area contributed by atoms with E-state index >= 15 is 0 Å². The summed E-state index contributed by atoms with van der Waals surface area (Å²) in [7, 11) is 3.78. The molecule has 1 aliphatic rings. The third-order valence-electron chi connectivity index (χ3n) is 4.03. The lowest BCUT2D eigenvalue weighted by Crippen LogP contribution is -2.45. The highest BCUT2D eigenvalue weighted by atomic mass is 16.5. The maximum absolute atomic E-state index is 9.87. The molecule has 5 heteroatoms. The van der Waals surface area contributed by atoms with Gasteiger partial charge in [0.25, 0.3) is 0 Å². The maximum Gasteiger partial charge on any atom is 0.123 e. The highest BCUT2D eigenvalue weighted by molar-refractivity contribution is 5.39. The minimum atomic E-state index is 0.293. The van der Waals surface area contributed by atoms with Crippen molar-refractivity contribution in [2.75, 3.05) is 53.4 Å². The lowest BCUT2D eigenvalue weighted by Gasteiger charge is -2.32. The van der Waals surface area contributed by atoms with Crippen molar-refractivity contribution in [2.45, 2.75) is 13.0 Å². The van der Waals surface area contributed by atoms with Gasteiger partial charge in [0.1, 0.15) is 11.5 Å². The summed E-state index contributed by atoms with van der Waals surface area (Å²) in [5.74, 6) is 0.979. The molecule has 5 nitrogen and oxygen atoms in total. The predicted octanol–water partition coefficient (Wildman–Crippen LogP) is 1.13. The van der Waals surface area contributed by atoms with Crippen LogP contribution in [0, 0.1) is 0 Å². The van der Waals surface area contributed by atoms with Gasteiger partial charge in [0.05, 0.1) is 7.11 Å². The van der Waals surface area contributed by atoms with Gasteiger partial charge >= 0.3 is 0 Å². The van der Waals surface area contributed by atoms with Crippen LogP contribution in [-0.2, 0) is 6.54 Å². The molecule has 1 saturated heterocycles. The number of benzene rings is 1. The van der Waals surface area contributed by atoms with Crippen molar-refractivity contribution in [1.29, 1.82) is 0 Å². The van der Waals surface area contributed by atoms with E-state index in [9.17, 15) is 5.11 Å². The van der Waals surface area contributed by atoms with Crippen LogP contribution < -0.4 is 10.1 Å². The molecule has 0 saturated carbocycles. The van der Waals surface area contributed by atoms with Crippen molar-refractivity contribution < 1.29 is 9.84 Å². The number of rotatable bonds is 7. The molecule has 0 radical (unpaired) electrons. The Labute approximate surface area is 127 Å². The third-order valence-corrected chi connectivity index (χ3v) is 4.03. The summed E-state index contributed by atoms with van der Waals surface area (Å²) in [6, 6.07) is 5.43. The topological polar surface area (TPSA) is 48.0 Å². The molecule has 1 fully saturated rings. The minimum absolute atomic E-state index is 0.293. The zero-order valence-electron chi connectivity index (χ0n) is 13.1. The van der Waals surface area contributed by atoms with Gasteiger partial charge in [-0.15, -0.1) is 0 Å². The third kappa shape index (κ3) is 5.19. The summed E-state index contributed by atoms with van der Waals surface area (Å²) in [4.78, 5) is 4.90. The summed E-state index contributed by atoms with van der Waals surface area (Å²) in [5.41, 5.74) is 0.912. The van der Waals surface area contributed by atoms with Gasteiger partial charge in [-0.2, -0.15) is 0 Å². The molecule has 1 aliphatic heterocycles. The number of piperazine rings is 1. The molecule has 21 heavy (non-hydrogen) atoms. The highest BCUT2D eigenvalue weighted by Gasteiger charge is 2.12. The molecule has 2 N–H and O–H groups in total. The lowest BCUT2D eigenvalue weighted by molar-refractivity contribution is 0.152. The van der Waals surface area contributed by atoms with E-state index in [1.165, 1.54) is 26.2 Å². The number of phenolic OH excluding ortho intramolecular Hbond substituents is 1. The van der Waals surface area contributed by atoms with Crippen molar-refractivity contribution in [3.05, 3.63) is 23.8 Å². The van der Waals surface area contributed by atoms with Gasteiger partial charge in [0.15, 0.2) is 0 Å². The van der Waals surface area contributed by atoms with E-state index in [0.29, 0.717) is 18.0 Å². The molecular formula is C16H27N3O2. The standard InChI is InChI=1S/C16H27N3O2/c1-18-8-10-19(11-9-18)7-3-6-17-13-14-4-5-15(21-2)12-16(14)20/h4-5,12,17,20H,3,6-11,13H2,1-2H3. The second kappa shape index (κ2) is 8.22. The van der Waals surface area contributed by atoms with E-state index < -0.39 is 0 Å². The average molecular weight is 293 g/mol. The van der Waals surface area contributed by atoms with Crippen LogP contribution in [0.1, 0.15) is 12.0 Å². The number of hydrogen-bond donors (Lipinski definition) is 2. The second-order valence-corrected chi connectivity index (χ2v) is 5.67. The molecule has 0 aliphatic carbocycles. The minimum Gasteiger partial charge on any atom is -0.507 e. The van der Waals surface area contributed by atoms with Gasteiger partial charge in [-0.3, -0.25) is 0 Å². The number of nitrogens with one attached hydrogen (secondary N) is 1. The fraction of sp³-hybridized carbons (Fsp3) is 0.625. The average Bonchev–Trinajstić information content (AvgIpc) is 2.50. The first-order chi connectivity index (χ1) is 10.2. The van der Waals surface area contributed by atoms with E-state index in [-0.39, 0.29) is 0 Å². The van der Waals surface area contributed by atoms with Gasteiger partial charge in [-0.1, -0.05) is 6.07 Å². The first-order valence-electron chi connectivity index (χ1n) is 7.66. The fourth-order valence-electron chi connectivity index (χ4n) is 2.54. The number of likely N-dealkylation sites (N-methyl/N-ethyl adjacent to an activating group) is 1. The molecule has 1 aromatic rings. The molecule has 0 atom stereocenters. The first kappa shape index (κ1) is 16.1. The molecule has 2 rings (SSSR count). The molecule has 0 amide bonds. The van der Waals surface area contributed by atoms with E-state index in [0.717, 1.165) is 25.1 Å². The smallest absolute Gasteiger partial charge is 0.123 e. The number of ether oxygens (including phenoxy) is 1. The van der Waals surface area contributed by atoms with Crippen molar-refractivity contribution in [3.63, 3.8) is 0 Å². The molecule has 0 aromatic heterocycles. The van der Waals surface area contributed by atoms with Crippen molar-refractivity contribution in [3.8, 4) is 11.5 Å². The van der Waals surface area contributed by atoms with E-state index in [1.807, 2.05) is 12.1 Å². The summed E-state index contributed by atoms with van der Waals surface area (Å²) < 4.78 is 5.08. The zero-order valence-corrected chi connectivity index (χ0v) is 13.1. The summed E-state index contributed by atoms with van der Waals surface area (Å²) >= 11 is 0. The zero-order chi connectivity index (χ0) is 15.1. The van der Waals surface area contributed by atoms with Gasteiger partial charge in [-0.25, -0.2) is 0 Å². The SMILES string of the molecule is COc1ccc(CNCCCN2CCN(C)CC2)c(O)c1. The Morgan fingerprint density at radius 1 is 1.24 bits per heavy atom. The first-order valence-corrected chi connectivity index (χ1v) is 7.66. The number of hydrogen-bond acceptors (Lipinski definition) is 5. The quantitative estimate of drug-likeness (QED) is 0.738. The fourth-order valence-corrected chi connectivity index (χ4v) is 2.54. The van der Waals surface area contributed by atoms with Crippen LogP contribution in [0.2, 0.25) is 0 Å².